The van der Waals surface area contributed by atoms with E-state index < -0.39 is 26.5 Å². The highest BCUT2D eigenvalue weighted by Crippen LogP contribution is 2.43. The Morgan fingerprint density at radius 1 is 0.395 bits per heavy atom. The van der Waals surface area contributed by atoms with Gasteiger partial charge in [-0.05, 0) is 103 Å². The van der Waals surface area contributed by atoms with Gasteiger partial charge in [-0.25, -0.2) is 4.57 Å². The Bertz CT molecular complexity index is 1730. The van der Waals surface area contributed by atoms with Crippen LogP contribution in [-0.2, 0) is 32.7 Å². The minimum Gasteiger partial charge on any atom is -0.462 e. The van der Waals surface area contributed by atoms with Gasteiger partial charge in [-0.2, -0.15) is 0 Å². The lowest BCUT2D eigenvalue weighted by atomic mass is 10.0. The number of esters is 2. The third-order valence-corrected chi connectivity index (χ3v) is 15.0. The van der Waals surface area contributed by atoms with Gasteiger partial charge in [0.05, 0.1) is 27.7 Å². The zero-order chi connectivity index (χ0) is 59.1. The maximum Gasteiger partial charge on any atom is 0.472 e. The first kappa shape index (κ1) is 77.7. The first-order valence-corrected chi connectivity index (χ1v) is 34.6. The van der Waals surface area contributed by atoms with Crippen LogP contribution in [0.15, 0.2) is 109 Å². The van der Waals surface area contributed by atoms with Crippen LogP contribution >= 0.6 is 7.82 Å². The standard InChI is InChI=1S/C71H124NO8P/c1-6-8-10-12-14-16-18-20-22-24-25-26-27-28-29-30-31-32-33-34-35-36-37-38-39-40-41-42-43-44-45-46-47-48-50-52-54-56-58-60-62-64-71(74)80-69(68-79-81(75,76)78-66-65-72(3,4)5)67-77-70(73)63-61-59-57-55-53-51-49-23-21-19-17-15-13-11-9-7-2/h8,10,14,16,20,22-23,25-26,28-29,31-32,34-35,37-38,49,69H,6-7,9,11-13,15,17-19,21,24,27,30,33,36,39-48,50-68H2,1-5H3/p+1/b10-8-,16-14-,22-20-,26-25-,29-28-,32-31-,35-34-,38-37-,49-23-. The number of allylic oxidation sites excluding steroid dienone is 18. The van der Waals surface area contributed by atoms with E-state index >= 15 is 0 Å². The maximum absolute atomic E-state index is 12.8. The van der Waals surface area contributed by atoms with Crippen LogP contribution < -0.4 is 0 Å². The van der Waals surface area contributed by atoms with Gasteiger partial charge < -0.3 is 18.9 Å². The largest absolute Gasteiger partial charge is 0.472 e. The Morgan fingerprint density at radius 3 is 1.06 bits per heavy atom. The molecule has 0 amide bonds. The molecule has 1 N–H and O–H groups in total. The fraction of sp³-hybridized carbons (Fsp3) is 0.718. The highest BCUT2D eigenvalue weighted by atomic mass is 31.2. The number of ether oxygens (including phenoxy) is 2. The van der Waals surface area contributed by atoms with Crippen LogP contribution in [0, 0.1) is 0 Å². The summed E-state index contributed by atoms with van der Waals surface area (Å²) in [6.07, 6.45) is 86.1. The Labute approximate surface area is 499 Å². The van der Waals surface area contributed by atoms with Crippen molar-refractivity contribution in [2.45, 2.75) is 283 Å². The fourth-order valence-electron chi connectivity index (χ4n) is 8.97. The summed E-state index contributed by atoms with van der Waals surface area (Å²) in [7, 11) is 1.47. The summed E-state index contributed by atoms with van der Waals surface area (Å²) in [6.45, 7) is 4.32. The van der Waals surface area contributed by atoms with Crippen molar-refractivity contribution in [1.29, 1.82) is 0 Å². The number of phosphoric acid groups is 1. The molecule has 9 nitrogen and oxygen atoms in total. The number of carbonyl (C=O) groups excluding carboxylic acids is 2. The summed E-state index contributed by atoms with van der Waals surface area (Å²) < 4.78 is 34.6. The number of likely N-dealkylation sites (N-methyl/N-ethyl adjacent to an activating group) is 1. The van der Waals surface area contributed by atoms with Crippen molar-refractivity contribution >= 4 is 19.8 Å². The van der Waals surface area contributed by atoms with Gasteiger partial charge in [-0.1, -0.05) is 271 Å². The Balaban J connectivity index is 4.00. The van der Waals surface area contributed by atoms with Crippen LogP contribution in [0.4, 0.5) is 0 Å². The lowest BCUT2D eigenvalue weighted by Gasteiger charge is -2.24. The van der Waals surface area contributed by atoms with Crippen LogP contribution in [0.1, 0.15) is 277 Å². The SMILES string of the molecule is CC/C=C\C/C=C\C/C=C\C/C=C\C/C=C\C/C=C\C/C=C\C/C=C\CCCCCCCCCCCCCCCCCCC(=O)OC(COC(=O)CCCCCCC/C=C\CCCCCCCCC)COP(=O)(O)OCC[N+](C)(C)C. The molecule has 0 rings (SSSR count). The van der Waals surface area contributed by atoms with Crippen LogP contribution in [-0.4, -0.2) is 74.9 Å². The van der Waals surface area contributed by atoms with Gasteiger partial charge in [0.25, 0.3) is 0 Å². The van der Waals surface area contributed by atoms with Crippen LogP contribution in [0.5, 0.6) is 0 Å². The number of hydrogen-bond acceptors (Lipinski definition) is 7. The van der Waals surface area contributed by atoms with E-state index in [2.05, 4.69) is 123 Å². The maximum atomic E-state index is 12.8. The number of phosphoric ester groups is 1. The molecule has 0 heterocycles. The number of rotatable bonds is 60. The molecule has 0 saturated heterocycles. The van der Waals surface area contributed by atoms with E-state index in [0.29, 0.717) is 17.4 Å². The van der Waals surface area contributed by atoms with Crippen molar-refractivity contribution in [1.82, 2.24) is 0 Å². The summed E-state index contributed by atoms with van der Waals surface area (Å²) in [5.74, 6) is -0.803. The van der Waals surface area contributed by atoms with Crippen LogP contribution in [0.25, 0.3) is 0 Å². The van der Waals surface area contributed by atoms with Crippen molar-refractivity contribution in [3.63, 3.8) is 0 Å². The van der Waals surface area contributed by atoms with Crippen molar-refractivity contribution in [3.05, 3.63) is 109 Å². The number of quaternary nitrogens is 1. The summed E-state index contributed by atoms with van der Waals surface area (Å²) in [4.78, 5) is 35.7. The van der Waals surface area contributed by atoms with Gasteiger partial charge in [-0.3, -0.25) is 18.6 Å². The summed E-state index contributed by atoms with van der Waals surface area (Å²) in [6, 6.07) is 0. The Hall–Kier alpha value is -3.33. The second kappa shape index (κ2) is 61.2. The summed E-state index contributed by atoms with van der Waals surface area (Å²) in [5.41, 5.74) is 0. The molecule has 2 atom stereocenters. The highest BCUT2D eigenvalue weighted by Gasteiger charge is 2.27. The smallest absolute Gasteiger partial charge is 0.462 e. The molecular weight excluding hydrogens is 1030 g/mol. The summed E-state index contributed by atoms with van der Waals surface area (Å²) in [5, 5.41) is 0. The third kappa shape index (κ3) is 65.7. The first-order chi connectivity index (χ1) is 39.5. The zero-order valence-electron chi connectivity index (χ0n) is 53.0. The zero-order valence-corrected chi connectivity index (χ0v) is 53.9. The van der Waals surface area contributed by atoms with E-state index in [-0.39, 0.29) is 32.0 Å². The van der Waals surface area contributed by atoms with E-state index in [1.807, 2.05) is 21.1 Å². The van der Waals surface area contributed by atoms with Crippen molar-refractivity contribution < 1.29 is 42.1 Å². The molecule has 0 aliphatic heterocycles. The summed E-state index contributed by atoms with van der Waals surface area (Å²) >= 11 is 0. The quantitative estimate of drug-likeness (QED) is 0.0211. The molecule has 0 aliphatic carbocycles. The number of unbranched alkanes of at least 4 members (excludes halogenated alkanes) is 28. The van der Waals surface area contributed by atoms with E-state index in [0.717, 1.165) is 109 Å². The van der Waals surface area contributed by atoms with Crippen molar-refractivity contribution in [2.75, 3.05) is 47.5 Å². The second-order valence-electron chi connectivity index (χ2n) is 23.1. The van der Waals surface area contributed by atoms with Gasteiger partial charge in [0, 0.05) is 12.8 Å². The second-order valence-corrected chi connectivity index (χ2v) is 24.6. The molecule has 0 fully saturated rings. The predicted molar refractivity (Wildman–Crippen MR) is 348 cm³/mol. The molecule has 81 heavy (non-hydrogen) atoms. The predicted octanol–water partition coefficient (Wildman–Crippen LogP) is 21.3. The molecule has 0 radical (unpaired) electrons. The van der Waals surface area contributed by atoms with Gasteiger partial charge in [0.15, 0.2) is 6.10 Å². The third-order valence-electron chi connectivity index (χ3n) is 14.0. The van der Waals surface area contributed by atoms with Crippen LogP contribution in [0.2, 0.25) is 0 Å². The molecule has 0 aliphatic rings. The van der Waals surface area contributed by atoms with Gasteiger partial charge >= 0.3 is 19.8 Å². The van der Waals surface area contributed by atoms with Crippen molar-refractivity contribution in [2.24, 2.45) is 0 Å². The molecule has 0 saturated carbocycles. The molecule has 0 aromatic carbocycles. The van der Waals surface area contributed by atoms with Gasteiger partial charge in [0.1, 0.15) is 19.8 Å². The molecule has 0 bridgehead atoms. The fourth-order valence-corrected chi connectivity index (χ4v) is 9.71. The molecule has 0 aromatic heterocycles. The van der Waals surface area contributed by atoms with E-state index in [1.54, 1.807) is 0 Å². The van der Waals surface area contributed by atoms with Crippen molar-refractivity contribution in [3.8, 4) is 0 Å². The monoisotopic (exact) mass is 1150 g/mol. The number of hydrogen-bond donors (Lipinski definition) is 1. The number of carbonyl (C=O) groups is 2. The normalized spacial score (nSPS) is 13.9. The molecule has 466 valence electrons. The first-order valence-electron chi connectivity index (χ1n) is 33.1. The lowest BCUT2D eigenvalue weighted by molar-refractivity contribution is -0.870. The topological polar surface area (TPSA) is 108 Å². The van der Waals surface area contributed by atoms with E-state index in [1.165, 1.54) is 135 Å². The van der Waals surface area contributed by atoms with Crippen LogP contribution in [0.3, 0.4) is 0 Å². The molecular formula is C71H125NO8P+. The molecule has 0 aromatic rings. The molecule has 2 unspecified atom stereocenters. The molecule has 10 heteroatoms. The highest BCUT2D eigenvalue weighted by molar-refractivity contribution is 7.47. The van der Waals surface area contributed by atoms with Gasteiger partial charge in [-0.15, -0.1) is 0 Å². The molecule has 0 spiro atoms. The lowest BCUT2D eigenvalue weighted by Crippen LogP contribution is -2.37. The minimum atomic E-state index is -4.39. The van der Waals surface area contributed by atoms with E-state index in [9.17, 15) is 19.0 Å². The van der Waals surface area contributed by atoms with E-state index in [4.69, 9.17) is 18.5 Å². The average Bonchev–Trinajstić information content (AvgIpc) is 3.43. The minimum absolute atomic E-state index is 0.0281. The number of nitrogens with zero attached hydrogens (tertiary/aromatic N) is 1. The Morgan fingerprint density at radius 2 is 0.704 bits per heavy atom. The Kier molecular flexibility index (Phi) is 58.7. The average molecular weight is 1150 g/mol. The van der Waals surface area contributed by atoms with Gasteiger partial charge in [0.2, 0.25) is 0 Å².